The van der Waals surface area contributed by atoms with Crippen LogP contribution in [0.2, 0.25) is 0 Å². The van der Waals surface area contributed by atoms with E-state index in [9.17, 15) is 10.2 Å². The van der Waals surface area contributed by atoms with Crippen LogP contribution in [-0.2, 0) is 5.41 Å². The standard InChI is InChI=1S/C16H21NO2S2/c1-16(2,3)10-9-11(18)13-14(12(10)19)21-15(20-13)17-7-5-4-6-8-17/h9H,4-8H2,1-3H3,(H-,18,19)/p+1. The van der Waals surface area contributed by atoms with Gasteiger partial charge in [-0.15, -0.1) is 0 Å². The molecule has 0 atom stereocenters. The monoisotopic (exact) mass is 324 g/mol. The fourth-order valence-corrected chi connectivity index (χ4v) is 5.43. The fourth-order valence-electron chi connectivity index (χ4n) is 2.78. The lowest BCUT2D eigenvalue weighted by molar-refractivity contribution is 0.444. The molecule has 1 aromatic heterocycles. The number of hydrogen-bond acceptors (Lipinski definition) is 4. The highest BCUT2D eigenvalue weighted by Gasteiger charge is 2.24. The van der Waals surface area contributed by atoms with Gasteiger partial charge in [0, 0.05) is 18.4 Å². The number of piperidine rings is 1. The molecule has 2 aromatic rings. The van der Waals surface area contributed by atoms with Gasteiger partial charge in [-0.1, -0.05) is 43.4 Å². The summed E-state index contributed by atoms with van der Waals surface area (Å²) in [7, 11) is 0. The molecule has 0 spiro atoms. The average molecular weight is 324 g/mol. The zero-order valence-corrected chi connectivity index (χ0v) is 14.4. The van der Waals surface area contributed by atoms with Gasteiger partial charge in [-0.2, -0.15) is 0 Å². The topological polar surface area (TPSA) is 43.5 Å². The molecule has 0 saturated carbocycles. The number of fused-ring (bicyclic) bond motifs is 1. The van der Waals surface area contributed by atoms with E-state index in [0.29, 0.717) is 5.75 Å². The summed E-state index contributed by atoms with van der Waals surface area (Å²) < 4.78 is 5.21. The summed E-state index contributed by atoms with van der Waals surface area (Å²) in [5.41, 5.74) is 0.627. The molecular weight excluding hydrogens is 302 g/mol. The lowest BCUT2D eigenvalue weighted by Gasteiger charge is -2.20. The van der Waals surface area contributed by atoms with E-state index in [2.05, 4.69) is 25.3 Å². The van der Waals surface area contributed by atoms with E-state index in [1.54, 1.807) is 28.7 Å². The van der Waals surface area contributed by atoms with Crippen molar-refractivity contribution < 1.29 is 10.2 Å². The molecule has 114 valence electrons. The van der Waals surface area contributed by atoms with Crippen LogP contribution in [0.4, 0.5) is 0 Å². The predicted octanol–water partition coefficient (Wildman–Crippen LogP) is 3.63. The first-order valence-corrected chi connectivity index (χ1v) is 9.08. The maximum absolute atomic E-state index is 10.6. The van der Waals surface area contributed by atoms with Gasteiger partial charge in [-0.25, -0.2) is 4.58 Å². The van der Waals surface area contributed by atoms with Crippen LogP contribution in [-0.4, -0.2) is 23.3 Å². The van der Waals surface area contributed by atoms with Crippen LogP contribution in [0, 0.1) is 0 Å². The number of aromatic hydroxyl groups is 2. The van der Waals surface area contributed by atoms with Gasteiger partial charge in [0.2, 0.25) is 0 Å². The average Bonchev–Trinajstić information content (AvgIpc) is 2.88. The van der Waals surface area contributed by atoms with E-state index in [1.165, 1.54) is 23.2 Å². The van der Waals surface area contributed by atoms with Crippen molar-refractivity contribution in [2.75, 3.05) is 13.1 Å². The molecule has 3 rings (SSSR count). The van der Waals surface area contributed by atoms with Gasteiger partial charge in [0.05, 0.1) is 9.40 Å². The van der Waals surface area contributed by atoms with Crippen molar-refractivity contribution in [1.29, 1.82) is 0 Å². The Hall–Kier alpha value is -1.07. The molecule has 0 radical (unpaired) electrons. The number of benzene rings is 1. The van der Waals surface area contributed by atoms with Gasteiger partial charge in [-0.3, -0.25) is 0 Å². The molecule has 1 aliphatic rings. The molecule has 2 heterocycles. The lowest BCUT2D eigenvalue weighted by Crippen LogP contribution is -2.31. The molecule has 2 N–H and O–H groups in total. The van der Waals surface area contributed by atoms with Crippen LogP contribution < -0.4 is 8.56 Å². The minimum atomic E-state index is -0.185. The quantitative estimate of drug-likeness (QED) is 0.574. The minimum absolute atomic E-state index is 0.185. The fraction of sp³-hybridized carbons (Fsp3) is 0.562. The third-order valence-electron chi connectivity index (χ3n) is 3.99. The van der Waals surface area contributed by atoms with Crippen LogP contribution >= 0.6 is 22.7 Å². The first-order chi connectivity index (χ1) is 9.88. The first kappa shape index (κ1) is 14.9. The molecule has 1 fully saturated rings. The third-order valence-corrected chi connectivity index (χ3v) is 6.70. The Morgan fingerprint density at radius 1 is 1.00 bits per heavy atom. The van der Waals surface area contributed by atoms with E-state index in [1.807, 2.05) is 0 Å². The second-order valence-corrected chi connectivity index (χ2v) is 8.97. The Labute approximate surface area is 132 Å². The minimum Gasteiger partial charge on any atom is -0.506 e. The summed E-state index contributed by atoms with van der Waals surface area (Å²) in [5, 5.41) is 20.9. The summed E-state index contributed by atoms with van der Waals surface area (Å²) in [6.07, 6.45) is 3.76. The van der Waals surface area contributed by atoms with E-state index in [4.69, 9.17) is 0 Å². The van der Waals surface area contributed by atoms with E-state index >= 15 is 0 Å². The van der Waals surface area contributed by atoms with Crippen molar-refractivity contribution in [1.82, 2.24) is 4.58 Å². The number of hydrogen-bond donors (Lipinski definition) is 2. The summed E-state index contributed by atoms with van der Waals surface area (Å²) in [6, 6.07) is 1.72. The molecule has 1 saturated heterocycles. The second-order valence-electron chi connectivity index (χ2n) is 6.72. The van der Waals surface area contributed by atoms with Gasteiger partial charge < -0.3 is 10.2 Å². The number of rotatable bonds is 0. The van der Waals surface area contributed by atoms with E-state index < -0.39 is 0 Å². The predicted molar refractivity (Wildman–Crippen MR) is 90.6 cm³/mol. The highest BCUT2D eigenvalue weighted by molar-refractivity contribution is 7.36. The molecular formula is C16H22NO2S2+. The molecule has 0 aliphatic carbocycles. The molecule has 0 unspecified atom stereocenters. The maximum Gasteiger partial charge on any atom is 0.315 e. The molecule has 21 heavy (non-hydrogen) atoms. The number of phenols is 2. The summed E-state index contributed by atoms with van der Waals surface area (Å²) in [6.45, 7) is 8.32. The van der Waals surface area contributed by atoms with E-state index in [-0.39, 0.29) is 11.2 Å². The smallest absolute Gasteiger partial charge is 0.315 e. The normalized spacial score (nSPS) is 16.6. The van der Waals surface area contributed by atoms with Crippen LogP contribution in [0.3, 0.4) is 0 Å². The molecule has 3 nitrogen and oxygen atoms in total. The lowest BCUT2D eigenvalue weighted by atomic mass is 9.86. The molecule has 1 aromatic carbocycles. The van der Waals surface area contributed by atoms with Gasteiger partial charge in [-0.05, 0) is 17.9 Å². The first-order valence-electron chi connectivity index (χ1n) is 7.45. The zero-order chi connectivity index (χ0) is 15.2. The van der Waals surface area contributed by atoms with Crippen LogP contribution in [0.15, 0.2) is 6.07 Å². The number of nitrogens with zero attached hydrogens (tertiary/aromatic N) is 1. The SMILES string of the molecule is CC(C)(C)c1cc(O)c2sc(=[N+]3CCCCC3)sc2c1O. The van der Waals surface area contributed by atoms with Crippen molar-refractivity contribution in [3.63, 3.8) is 0 Å². The van der Waals surface area contributed by atoms with Gasteiger partial charge >= 0.3 is 3.98 Å². The maximum atomic E-state index is 10.6. The highest BCUT2D eigenvalue weighted by Crippen LogP contribution is 2.43. The van der Waals surface area contributed by atoms with Gasteiger partial charge in [0.25, 0.3) is 0 Å². The van der Waals surface area contributed by atoms with Crippen molar-refractivity contribution in [3.8, 4) is 11.5 Å². The summed E-state index contributed by atoms with van der Waals surface area (Å²) in [4.78, 5) is 0. The van der Waals surface area contributed by atoms with Crippen molar-refractivity contribution in [2.45, 2.75) is 45.4 Å². The van der Waals surface area contributed by atoms with Crippen LogP contribution in [0.1, 0.15) is 45.6 Å². The van der Waals surface area contributed by atoms with E-state index in [0.717, 1.165) is 28.1 Å². The van der Waals surface area contributed by atoms with Crippen molar-refractivity contribution in [3.05, 3.63) is 15.6 Å². The summed E-state index contributed by atoms with van der Waals surface area (Å²) in [5.74, 6) is 0.622. The van der Waals surface area contributed by atoms with Crippen LogP contribution in [0.5, 0.6) is 11.5 Å². The Kier molecular flexibility index (Phi) is 3.74. The van der Waals surface area contributed by atoms with Crippen LogP contribution in [0.25, 0.3) is 9.40 Å². The summed E-state index contributed by atoms with van der Waals surface area (Å²) >= 11 is 3.21. The highest BCUT2D eigenvalue weighted by atomic mass is 32.2. The molecule has 1 aliphatic heterocycles. The molecule has 0 amide bonds. The second kappa shape index (κ2) is 5.29. The Morgan fingerprint density at radius 3 is 2.24 bits per heavy atom. The Morgan fingerprint density at radius 2 is 1.62 bits per heavy atom. The van der Waals surface area contributed by atoms with Crippen molar-refractivity contribution >= 4 is 32.1 Å². The largest absolute Gasteiger partial charge is 0.506 e. The van der Waals surface area contributed by atoms with Crippen molar-refractivity contribution in [2.24, 2.45) is 0 Å². The Bertz CT molecular complexity index is 742. The zero-order valence-electron chi connectivity index (χ0n) is 12.8. The Balaban J connectivity index is 2.27. The number of phenolic OH excluding ortho intramolecular Hbond substituents is 2. The molecule has 5 heteroatoms. The third kappa shape index (κ3) is 2.69. The van der Waals surface area contributed by atoms with Gasteiger partial charge in [0.1, 0.15) is 24.6 Å². The van der Waals surface area contributed by atoms with Gasteiger partial charge in [0.15, 0.2) is 0 Å². The molecule has 0 bridgehead atoms.